The number of unbranched alkanes of at least 4 members (excludes halogenated alkanes) is 5. The lowest BCUT2D eigenvalue weighted by atomic mass is 10.0. The molecule has 0 amide bonds. The zero-order valence-corrected chi connectivity index (χ0v) is 13.3. The first-order chi connectivity index (χ1) is 8.49. The molecule has 18 heavy (non-hydrogen) atoms. The average Bonchev–Trinajstić information content (AvgIpc) is 2.30. The predicted molar refractivity (Wildman–Crippen MR) is 81.3 cm³/mol. The average molecular weight is 254 g/mol. The Balaban J connectivity index is 3.95. The van der Waals surface area contributed by atoms with Gasteiger partial charge < -0.3 is 0 Å². The van der Waals surface area contributed by atoms with Gasteiger partial charge in [-0.3, -0.25) is 0 Å². The van der Waals surface area contributed by atoms with E-state index in [0.29, 0.717) is 6.04 Å². The van der Waals surface area contributed by atoms with E-state index in [0.717, 1.165) is 0 Å². The third-order valence-corrected chi connectivity index (χ3v) is 3.05. The van der Waals surface area contributed by atoms with Gasteiger partial charge in [0.25, 0.3) is 0 Å². The summed E-state index contributed by atoms with van der Waals surface area (Å²) >= 11 is 0. The van der Waals surface area contributed by atoms with Crippen LogP contribution in [0.2, 0.25) is 0 Å². The van der Waals surface area contributed by atoms with Gasteiger partial charge in [0.15, 0.2) is 0 Å². The molecule has 0 rings (SSSR count). The first kappa shape index (κ1) is 17.6. The van der Waals surface area contributed by atoms with Crippen molar-refractivity contribution in [3.05, 3.63) is 0 Å². The molecule has 0 saturated heterocycles. The van der Waals surface area contributed by atoms with Crippen LogP contribution in [0.4, 0.5) is 0 Å². The van der Waals surface area contributed by atoms with Crippen molar-refractivity contribution in [2.24, 2.45) is 10.2 Å². The largest absolute Gasteiger partial charge is 0.190 e. The van der Waals surface area contributed by atoms with Crippen LogP contribution in [-0.2, 0) is 0 Å². The summed E-state index contributed by atoms with van der Waals surface area (Å²) in [4.78, 5) is 0. The SMILES string of the molecule is CCCCCCCC(CCCC)N=NC(C)(C)C. The fraction of sp³-hybridized carbons (Fsp3) is 1.00. The molecule has 0 heterocycles. The quantitative estimate of drug-likeness (QED) is 0.329. The monoisotopic (exact) mass is 254 g/mol. The molecule has 0 saturated carbocycles. The summed E-state index contributed by atoms with van der Waals surface area (Å²) in [6.45, 7) is 10.9. The molecule has 1 unspecified atom stereocenters. The van der Waals surface area contributed by atoms with E-state index in [1.807, 2.05) is 0 Å². The van der Waals surface area contributed by atoms with E-state index in [4.69, 9.17) is 0 Å². The van der Waals surface area contributed by atoms with Crippen molar-refractivity contribution in [2.75, 3.05) is 0 Å². The highest BCUT2D eigenvalue weighted by molar-refractivity contribution is 4.71. The highest BCUT2D eigenvalue weighted by Crippen LogP contribution is 2.17. The second-order valence-electron chi connectivity index (χ2n) is 6.39. The van der Waals surface area contributed by atoms with Gasteiger partial charge in [-0.25, -0.2) is 0 Å². The van der Waals surface area contributed by atoms with Gasteiger partial charge in [-0.15, -0.1) is 0 Å². The molecule has 0 bridgehead atoms. The predicted octanol–water partition coefficient (Wildman–Crippen LogP) is 6.16. The van der Waals surface area contributed by atoms with Crippen molar-refractivity contribution in [1.82, 2.24) is 0 Å². The van der Waals surface area contributed by atoms with E-state index in [-0.39, 0.29) is 5.54 Å². The second kappa shape index (κ2) is 10.5. The molecular formula is C16H34N2. The van der Waals surface area contributed by atoms with Gasteiger partial charge in [0.1, 0.15) is 0 Å². The van der Waals surface area contributed by atoms with Crippen molar-refractivity contribution in [1.29, 1.82) is 0 Å². The van der Waals surface area contributed by atoms with Gasteiger partial charge in [0.05, 0.1) is 11.6 Å². The minimum absolute atomic E-state index is 0.0212. The smallest absolute Gasteiger partial charge is 0.0732 e. The Hall–Kier alpha value is -0.400. The Morgan fingerprint density at radius 2 is 1.33 bits per heavy atom. The van der Waals surface area contributed by atoms with Crippen molar-refractivity contribution in [3.8, 4) is 0 Å². The molecule has 0 aromatic heterocycles. The number of azo groups is 1. The van der Waals surface area contributed by atoms with Crippen LogP contribution in [0.5, 0.6) is 0 Å². The zero-order valence-electron chi connectivity index (χ0n) is 13.3. The topological polar surface area (TPSA) is 24.7 Å². The Morgan fingerprint density at radius 3 is 1.89 bits per heavy atom. The minimum Gasteiger partial charge on any atom is -0.190 e. The van der Waals surface area contributed by atoms with E-state index in [1.54, 1.807) is 0 Å². The first-order valence-corrected chi connectivity index (χ1v) is 7.91. The van der Waals surface area contributed by atoms with Crippen LogP contribution in [0.3, 0.4) is 0 Å². The van der Waals surface area contributed by atoms with Gasteiger partial charge in [-0.1, -0.05) is 58.8 Å². The molecule has 0 fully saturated rings. The fourth-order valence-electron chi connectivity index (χ4n) is 1.94. The second-order valence-corrected chi connectivity index (χ2v) is 6.39. The molecule has 1 atom stereocenters. The van der Waals surface area contributed by atoms with Crippen LogP contribution in [0, 0.1) is 0 Å². The molecule has 0 aliphatic heterocycles. The standard InChI is InChI=1S/C16H34N2/c1-6-8-10-11-12-14-15(13-9-7-2)17-18-16(3,4)5/h15H,6-14H2,1-5H3. The maximum Gasteiger partial charge on any atom is 0.0732 e. The first-order valence-electron chi connectivity index (χ1n) is 7.91. The molecule has 0 aliphatic rings. The molecule has 0 N–H and O–H groups in total. The Bertz CT molecular complexity index is 204. The maximum atomic E-state index is 4.58. The minimum atomic E-state index is -0.0212. The number of hydrogen-bond acceptors (Lipinski definition) is 2. The molecule has 108 valence electrons. The molecular weight excluding hydrogens is 220 g/mol. The van der Waals surface area contributed by atoms with E-state index in [2.05, 4.69) is 44.8 Å². The molecule has 0 aromatic rings. The Labute approximate surface area is 115 Å². The van der Waals surface area contributed by atoms with Crippen LogP contribution in [0.25, 0.3) is 0 Å². The molecule has 0 spiro atoms. The van der Waals surface area contributed by atoms with Crippen LogP contribution in [0.15, 0.2) is 10.2 Å². The molecule has 2 heteroatoms. The molecule has 0 aromatic carbocycles. The van der Waals surface area contributed by atoms with Gasteiger partial charge in [0, 0.05) is 0 Å². The maximum absolute atomic E-state index is 4.58. The van der Waals surface area contributed by atoms with Crippen molar-refractivity contribution in [2.45, 2.75) is 104 Å². The third kappa shape index (κ3) is 12.1. The Kier molecular flexibility index (Phi) is 10.3. The summed E-state index contributed by atoms with van der Waals surface area (Å²) in [5.41, 5.74) is -0.0212. The summed E-state index contributed by atoms with van der Waals surface area (Å²) in [7, 11) is 0. The van der Waals surface area contributed by atoms with Crippen LogP contribution in [0.1, 0.15) is 92.4 Å². The van der Waals surface area contributed by atoms with Gasteiger partial charge in [-0.2, -0.15) is 10.2 Å². The van der Waals surface area contributed by atoms with Crippen molar-refractivity contribution in [3.63, 3.8) is 0 Å². The number of nitrogens with zero attached hydrogens (tertiary/aromatic N) is 2. The summed E-state index contributed by atoms with van der Waals surface area (Å²) < 4.78 is 0. The molecule has 0 aliphatic carbocycles. The lowest BCUT2D eigenvalue weighted by molar-refractivity contribution is 0.451. The van der Waals surface area contributed by atoms with E-state index in [1.165, 1.54) is 57.8 Å². The third-order valence-electron chi connectivity index (χ3n) is 3.05. The van der Waals surface area contributed by atoms with E-state index >= 15 is 0 Å². The Morgan fingerprint density at radius 1 is 0.778 bits per heavy atom. The summed E-state index contributed by atoms with van der Waals surface area (Å²) in [6.07, 6.45) is 11.7. The summed E-state index contributed by atoms with van der Waals surface area (Å²) in [5, 5.41) is 9.03. The van der Waals surface area contributed by atoms with Crippen molar-refractivity contribution >= 4 is 0 Å². The van der Waals surface area contributed by atoms with Crippen LogP contribution >= 0.6 is 0 Å². The summed E-state index contributed by atoms with van der Waals surface area (Å²) in [5.74, 6) is 0. The zero-order chi connectivity index (χ0) is 13.9. The van der Waals surface area contributed by atoms with E-state index in [9.17, 15) is 0 Å². The summed E-state index contributed by atoms with van der Waals surface area (Å²) in [6, 6.07) is 0.464. The molecule has 2 nitrogen and oxygen atoms in total. The van der Waals surface area contributed by atoms with Crippen molar-refractivity contribution < 1.29 is 0 Å². The van der Waals surface area contributed by atoms with Crippen LogP contribution < -0.4 is 0 Å². The van der Waals surface area contributed by atoms with E-state index < -0.39 is 0 Å². The lowest BCUT2D eigenvalue weighted by Gasteiger charge is -2.15. The molecule has 0 radical (unpaired) electrons. The normalized spacial score (nSPS) is 14.3. The lowest BCUT2D eigenvalue weighted by Crippen LogP contribution is -2.11. The number of hydrogen-bond donors (Lipinski definition) is 0. The van der Waals surface area contributed by atoms with Crippen LogP contribution in [-0.4, -0.2) is 11.6 Å². The highest BCUT2D eigenvalue weighted by Gasteiger charge is 2.10. The van der Waals surface area contributed by atoms with Gasteiger partial charge in [-0.05, 0) is 33.6 Å². The highest BCUT2D eigenvalue weighted by atomic mass is 15.2. The number of rotatable bonds is 10. The van der Waals surface area contributed by atoms with Gasteiger partial charge >= 0.3 is 0 Å². The fourth-order valence-corrected chi connectivity index (χ4v) is 1.94. The van der Waals surface area contributed by atoms with Gasteiger partial charge in [0.2, 0.25) is 0 Å².